The molecule has 2 aliphatic heterocycles. The number of fused-ring (bicyclic) bond motifs is 2. The van der Waals surface area contributed by atoms with E-state index in [0.29, 0.717) is 72.9 Å². The zero-order chi connectivity index (χ0) is 28.3. The van der Waals surface area contributed by atoms with Crippen molar-refractivity contribution in [3.05, 3.63) is 59.4 Å². The minimum atomic E-state index is -0.589. The summed E-state index contributed by atoms with van der Waals surface area (Å²) in [6, 6.07) is 12.4. The second-order valence-corrected chi connectivity index (χ2v) is 10.9. The predicted octanol–water partition coefficient (Wildman–Crippen LogP) is 4.47. The van der Waals surface area contributed by atoms with E-state index in [9.17, 15) is 14.4 Å². The van der Waals surface area contributed by atoms with Crippen molar-refractivity contribution < 1.29 is 28.3 Å². The largest absolute Gasteiger partial charge is 0.497 e. The SMILES string of the molecule is COc1ccc2oc(C)c(C(=O)N3CCC4(CCCCNC(=O)c5ccccc5OC[C@@H](C)NC4=O)CC3)c2c1. The molecule has 0 unspecified atom stereocenters. The zero-order valence-electron chi connectivity index (χ0n) is 23.4. The summed E-state index contributed by atoms with van der Waals surface area (Å²) >= 11 is 0. The molecular weight excluding hydrogens is 510 g/mol. The van der Waals surface area contributed by atoms with E-state index in [0.717, 1.165) is 18.2 Å². The highest BCUT2D eigenvalue weighted by Gasteiger charge is 2.42. The monoisotopic (exact) mass is 547 g/mol. The molecule has 0 radical (unpaired) electrons. The Hall–Kier alpha value is -4.01. The summed E-state index contributed by atoms with van der Waals surface area (Å²) in [6.07, 6.45) is 3.35. The Morgan fingerprint density at radius 2 is 1.85 bits per heavy atom. The zero-order valence-corrected chi connectivity index (χ0v) is 23.4. The lowest BCUT2D eigenvalue weighted by Crippen LogP contribution is -2.52. The first-order valence-electron chi connectivity index (χ1n) is 14.0. The van der Waals surface area contributed by atoms with E-state index in [-0.39, 0.29) is 30.4 Å². The molecule has 212 valence electrons. The van der Waals surface area contributed by atoms with Crippen LogP contribution in [0.1, 0.15) is 65.5 Å². The minimum absolute atomic E-state index is 0.000225. The molecule has 9 heteroatoms. The Kier molecular flexibility index (Phi) is 8.00. The van der Waals surface area contributed by atoms with Crippen molar-refractivity contribution in [1.82, 2.24) is 15.5 Å². The van der Waals surface area contributed by atoms with Gasteiger partial charge < -0.3 is 29.4 Å². The summed E-state index contributed by atoms with van der Waals surface area (Å²) in [5, 5.41) is 6.87. The van der Waals surface area contributed by atoms with E-state index in [4.69, 9.17) is 13.9 Å². The molecule has 3 heterocycles. The number of furan rings is 1. The number of carbonyl (C=O) groups excluding carboxylic acids is 3. The van der Waals surface area contributed by atoms with E-state index in [1.54, 1.807) is 26.2 Å². The van der Waals surface area contributed by atoms with Crippen molar-refractivity contribution in [2.45, 2.75) is 52.0 Å². The molecule has 0 bridgehead atoms. The van der Waals surface area contributed by atoms with E-state index < -0.39 is 5.41 Å². The number of nitrogens with zero attached hydrogens (tertiary/aromatic N) is 1. The highest BCUT2D eigenvalue weighted by molar-refractivity contribution is 6.07. The summed E-state index contributed by atoms with van der Waals surface area (Å²) in [7, 11) is 1.59. The fourth-order valence-corrected chi connectivity index (χ4v) is 5.78. The number of hydrogen-bond donors (Lipinski definition) is 2. The number of piperidine rings is 1. The van der Waals surface area contributed by atoms with Crippen LogP contribution in [0.4, 0.5) is 0 Å². The Morgan fingerprint density at radius 1 is 1.07 bits per heavy atom. The van der Waals surface area contributed by atoms with Crippen LogP contribution >= 0.6 is 0 Å². The molecule has 1 saturated heterocycles. The highest BCUT2D eigenvalue weighted by Crippen LogP contribution is 2.39. The van der Waals surface area contributed by atoms with Crippen LogP contribution in [0.2, 0.25) is 0 Å². The van der Waals surface area contributed by atoms with Gasteiger partial charge in [0, 0.05) is 25.0 Å². The van der Waals surface area contributed by atoms with Crippen molar-refractivity contribution in [3.8, 4) is 11.5 Å². The van der Waals surface area contributed by atoms with E-state index >= 15 is 0 Å². The van der Waals surface area contributed by atoms with Crippen molar-refractivity contribution in [1.29, 1.82) is 0 Å². The number of ether oxygens (including phenoxy) is 2. The molecule has 1 aromatic heterocycles. The molecule has 2 aromatic carbocycles. The summed E-state index contributed by atoms with van der Waals surface area (Å²) in [5.41, 5.74) is 1.09. The van der Waals surface area contributed by atoms with Gasteiger partial charge in [-0.3, -0.25) is 14.4 Å². The smallest absolute Gasteiger partial charge is 0.258 e. The average molecular weight is 548 g/mol. The Morgan fingerprint density at radius 3 is 2.62 bits per heavy atom. The maximum Gasteiger partial charge on any atom is 0.258 e. The van der Waals surface area contributed by atoms with Crippen LogP contribution in [0, 0.1) is 12.3 Å². The number of rotatable bonds is 2. The fourth-order valence-electron chi connectivity index (χ4n) is 5.78. The second kappa shape index (κ2) is 11.6. The van der Waals surface area contributed by atoms with Gasteiger partial charge in [-0.15, -0.1) is 0 Å². The molecule has 5 rings (SSSR count). The van der Waals surface area contributed by atoms with Crippen LogP contribution in [-0.2, 0) is 4.79 Å². The number of aryl methyl sites for hydroxylation is 1. The lowest BCUT2D eigenvalue weighted by Gasteiger charge is -2.41. The van der Waals surface area contributed by atoms with Gasteiger partial charge in [-0.2, -0.15) is 0 Å². The molecule has 0 aliphatic carbocycles. The maximum atomic E-state index is 13.7. The lowest BCUT2D eigenvalue weighted by atomic mass is 9.73. The standard InChI is InChI=1S/C31H37N3O6/c1-20-19-39-25-9-5-4-8-23(25)28(35)32-15-7-6-12-31(30(37)33-20)13-16-34(17-14-31)29(36)27-21(2)40-26-11-10-22(38-3)18-24(26)27/h4-5,8-11,18,20H,6-7,12-17,19H2,1-3H3,(H,32,35)(H,33,37)/t20-/m1/s1. The molecule has 1 fully saturated rings. The van der Waals surface area contributed by atoms with E-state index in [1.807, 2.05) is 42.2 Å². The fraction of sp³-hybridized carbons (Fsp3) is 0.452. The number of para-hydroxylation sites is 1. The van der Waals surface area contributed by atoms with Crippen molar-refractivity contribution in [3.63, 3.8) is 0 Å². The molecule has 9 nitrogen and oxygen atoms in total. The molecule has 0 saturated carbocycles. The summed E-state index contributed by atoms with van der Waals surface area (Å²) in [5.74, 6) is 1.48. The molecule has 40 heavy (non-hydrogen) atoms. The van der Waals surface area contributed by atoms with Crippen LogP contribution < -0.4 is 20.1 Å². The van der Waals surface area contributed by atoms with Gasteiger partial charge in [-0.1, -0.05) is 18.6 Å². The number of carbonyl (C=O) groups is 3. The van der Waals surface area contributed by atoms with Gasteiger partial charge in [0.05, 0.1) is 29.7 Å². The third-order valence-corrected chi connectivity index (χ3v) is 8.14. The number of methoxy groups -OCH3 is 1. The number of hydrogen-bond acceptors (Lipinski definition) is 6. The highest BCUT2D eigenvalue weighted by atomic mass is 16.5. The Labute approximate surface area is 234 Å². The first kappa shape index (κ1) is 27.6. The Balaban J connectivity index is 1.31. The molecule has 1 atom stereocenters. The molecule has 2 aliphatic rings. The van der Waals surface area contributed by atoms with Crippen LogP contribution in [0.15, 0.2) is 46.9 Å². The van der Waals surface area contributed by atoms with Gasteiger partial charge in [0.25, 0.3) is 11.8 Å². The molecule has 1 spiro atoms. The van der Waals surface area contributed by atoms with E-state index in [2.05, 4.69) is 10.6 Å². The molecule has 3 amide bonds. The number of nitrogens with one attached hydrogen (secondary N) is 2. The second-order valence-electron chi connectivity index (χ2n) is 10.9. The van der Waals surface area contributed by atoms with Crippen LogP contribution in [-0.4, -0.2) is 62.0 Å². The molecule has 2 N–H and O–H groups in total. The van der Waals surface area contributed by atoms with Gasteiger partial charge >= 0.3 is 0 Å². The topological polar surface area (TPSA) is 110 Å². The third kappa shape index (κ3) is 5.50. The normalized spacial score (nSPS) is 20.2. The van der Waals surface area contributed by atoms with Crippen molar-refractivity contribution >= 4 is 28.7 Å². The predicted molar refractivity (Wildman–Crippen MR) is 151 cm³/mol. The first-order valence-corrected chi connectivity index (χ1v) is 14.0. The van der Waals surface area contributed by atoms with E-state index in [1.165, 1.54) is 0 Å². The third-order valence-electron chi connectivity index (χ3n) is 8.14. The van der Waals surface area contributed by atoms with Crippen molar-refractivity contribution in [2.24, 2.45) is 5.41 Å². The first-order chi connectivity index (χ1) is 19.3. The molecular formula is C31H37N3O6. The number of amides is 3. The van der Waals surface area contributed by atoms with Crippen LogP contribution in [0.5, 0.6) is 11.5 Å². The average Bonchev–Trinajstić information content (AvgIpc) is 3.30. The summed E-state index contributed by atoms with van der Waals surface area (Å²) < 4.78 is 17.2. The number of likely N-dealkylation sites (tertiary alicyclic amines) is 1. The minimum Gasteiger partial charge on any atom is -0.497 e. The van der Waals surface area contributed by atoms with Gasteiger partial charge in [-0.25, -0.2) is 0 Å². The lowest BCUT2D eigenvalue weighted by molar-refractivity contribution is -0.135. The molecule has 3 aromatic rings. The summed E-state index contributed by atoms with van der Waals surface area (Å²) in [6.45, 7) is 5.40. The summed E-state index contributed by atoms with van der Waals surface area (Å²) in [4.78, 5) is 41.9. The van der Waals surface area contributed by atoms with Crippen molar-refractivity contribution in [2.75, 3.05) is 33.4 Å². The Bertz CT molecular complexity index is 1410. The van der Waals surface area contributed by atoms with Gasteiger partial charge in [0.2, 0.25) is 5.91 Å². The number of benzene rings is 2. The maximum absolute atomic E-state index is 13.7. The van der Waals surface area contributed by atoms with Crippen LogP contribution in [0.25, 0.3) is 11.0 Å². The van der Waals surface area contributed by atoms with Crippen LogP contribution in [0.3, 0.4) is 0 Å². The van der Waals surface area contributed by atoms with Gasteiger partial charge in [0.1, 0.15) is 29.4 Å². The quantitative estimate of drug-likeness (QED) is 0.490. The van der Waals surface area contributed by atoms with Gasteiger partial charge in [0.15, 0.2) is 0 Å². The van der Waals surface area contributed by atoms with Gasteiger partial charge in [-0.05, 0) is 69.9 Å².